The van der Waals surface area contributed by atoms with Crippen LogP contribution in [0.5, 0.6) is 11.5 Å². The zero-order chi connectivity index (χ0) is 13.9. The van der Waals surface area contributed by atoms with E-state index >= 15 is 0 Å². The molecule has 3 rings (SSSR count). The van der Waals surface area contributed by atoms with E-state index in [2.05, 4.69) is 12.2 Å². The normalized spacial score (nSPS) is 25.9. The van der Waals surface area contributed by atoms with Crippen molar-refractivity contribution >= 4 is 0 Å². The summed E-state index contributed by atoms with van der Waals surface area (Å²) in [5, 5.41) is 13.6. The summed E-state index contributed by atoms with van der Waals surface area (Å²) in [6.45, 7) is 4.19. The summed E-state index contributed by atoms with van der Waals surface area (Å²) in [6.07, 6.45) is 3.50. The van der Waals surface area contributed by atoms with Gasteiger partial charge in [0.05, 0.1) is 6.10 Å². The highest BCUT2D eigenvalue weighted by molar-refractivity contribution is 5.45. The molecule has 4 heteroatoms. The zero-order valence-corrected chi connectivity index (χ0v) is 12.0. The summed E-state index contributed by atoms with van der Waals surface area (Å²) < 4.78 is 10.6. The standard InChI is InChI=1S/C16H23NO3/c1-11-3-2-4-13(11)8-17-9-14(18)12-5-6-15-16(7-12)20-10-19-15/h5-7,11,13-14,17-18H,2-4,8-10H2,1H3. The van der Waals surface area contributed by atoms with Crippen molar-refractivity contribution in [3.05, 3.63) is 23.8 Å². The van der Waals surface area contributed by atoms with E-state index in [0.717, 1.165) is 35.4 Å². The Hall–Kier alpha value is -1.26. The summed E-state index contributed by atoms with van der Waals surface area (Å²) in [7, 11) is 0. The van der Waals surface area contributed by atoms with E-state index < -0.39 is 6.10 Å². The van der Waals surface area contributed by atoms with Crippen molar-refractivity contribution in [3.8, 4) is 11.5 Å². The minimum atomic E-state index is -0.499. The third kappa shape index (κ3) is 2.91. The van der Waals surface area contributed by atoms with Gasteiger partial charge in [-0.2, -0.15) is 0 Å². The molecule has 2 aliphatic rings. The van der Waals surface area contributed by atoms with Gasteiger partial charge in [-0.25, -0.2) is 0 Å². The first kappa shape index (κ1) is 13.7. The van der Waals surface area contributed by atoms with Crippen molar-refractivity contribution in [2.75, 3.05) is 19.9 Å². The highest BCUT2D eigenvalue weighted by Gasteiger charge is 2.23. The second-order valence-electron chi connectivity index (χ2n) is 5.96. The van der Waals surface area contributed by atoms with Gasteiger partial charge in [0, 0.05) is 6.54 Å². The van der Waals surface area contributed by atoms with Crippen LogP contribution in [0, 0.1) is 11.8 Å². The third-order valence-electron chi connectivity index (χ3n) is 4.56. The third-order valence-corrected chi connectivity index (χ3v) is 4.56. The van der Waals surface area contributed by atoms with Crippen molar-refractivity contribution in [1.82, 2.24) is 5.32 Å². The summed E-state index contributed by atoms with van der Waals surface area (Å²) in [4.78, 5) is 0. The smallest absolute Gasteiger partial charge is 0.231 e. The second-order valence-corrected chi connectivity index (χ2v) is 5.96. The van der Waals surface area contributed by atoms with E-state index in [1.54, 1.807) is 0 Å². The first-order chi connectivity index (χ1) is 9.74. The highest BCUT2D eigenvalue weighted by atomic mass is 16.7. The molecule has 0 spiro atoms. The number of aliphatic hydroxyl groups excluding tert-OH is 1. The van der Waals surface area contributed by atoms with Gasteiger partial charge < -0.3 is 19.9 Å². The highest BCUT2D eigenvalue weighted by Crippen LogP contribution is 2.34. The first-order valence-corrected chi connectivity index (χ1v) is 7.52. The molecule has 3 unspecified atom stereocenters. The Morgan fingerprint density at radius 2 is 2.15 bits per heavy atom. The Morgan fingerprint density at radius 1 is 1.30 bits per heavy atom. The molecule has 20 heavy (non-hydrogen) atoms. The van der Waals surface area contributed by atoms with Crippen molar-refractivity contribution in [2.45, 2.75) is 32.3 Å². The van der Waals surface area contributed by atoms with Crippen LogP contribution >= 0.6 is 0 Å². The fourth-order valence-corrected chi connectivity index (χ4v) is 3.17. The molecule has 1 fully saturated rings. The van der Waals surface area contributed by atoms with Crippen molar-refractivity contribution < 1.29 is 14.6 Å². The van der Waals surface area contributed by atoms with Gasteiger partial charge in [-0.1, -0.05) is 25.8 Å². The van der Waals surface area contributed by atoms with Gasteiger partial charge in [-0.15, -0.1) is 0 Å². The van der Waals surface area contributed by atoms with Crippen molar-refractivity contribution in [1.29, 1.82) is 0 Å². The maximum absolute atomic E-state index is 10.2. The average Bonchev–Trinajstić information content (AvgIpc) is 3.07. The minimum Gasteiger partial charge on any atom is -0.454 e. The Labute approximate surface area is 120 Å². The van der Waals surface area contributed by atoms with E-state index in [4.69, 9.17) is 9.47 Å². The Balaban J connectivity index is 1.50. The van der Waals surface area contributed by atoms with Gasteiger partial charge in [0.1, 0.15) is 0 Å². The topological polar surface area (TPSA) is 50.7 Å². The van der Waals surface area contributed by atoms with Crippen LogP contribution in [0.4, 0.5) is 0 Å². The molecule has 1 aromatic carbocycles. The van der Waals surface area contributed by atoms with Crippen LogP contribution in [0.15, 0.2) is 18.2 Å². The molecular formula is C16H23NO3. The van der Waals surface area contributed by atoms with Crippen LogP contribution in [0.1, 0.15) is 37.9 Å². The van der Waals surface area contributed by atoms with Crippen molar-refractivity contribution in [3.63, 3.8) is 0 Å². The largest absolute Gasteiger partial charge is 0.454 e. The number of aliphatic hydroxyl groups is 1. The zero-order valence-electron chi connectivity index (χ0n) is 12.0. The lowest BCUT2D eigenvalue weighted by molar-refractivity contribution is 0.168. The lowest BCUT2D eigenvalue weighted by Gasteiger charge is -2.18. The van der Waals surface area contributed by atoms with E-state index in [-0.39, 0.29) is 6.79 Å². The lowest BCUT2D eigenvalue weighted by atomic mass is 9.98. The van der Waals surface area contributed by atoms with Gasteiger partial charge in [0.15, 0.2) is 11.5 Å². The maximum atomic E-state index is 10.2. The Kier molecular flexibility index (Phi) is 4.13. The minimum absolute atomic E-state index is 0.271. The van der Waals surface area contributed by atoms with Gasteiger partial charge in [0.2, 0.25) is 6.79 Å². The molecule has 1 aromatic rings. The number of nitrogens with one attached hydrogen (secondary N) is 1. The van der Waals surface area contributed by atoms with E-state index in [9.17, 15) is 5.11 Å². The van der Waals surface area contributed by atoms with E-state index in [0.29, 0.717) is 6.54 Å². The molecule has 110 valence electrons. The summed E-state index contributed by atoms with van der Waals surface area (Å²) in [5.74, 6) is 3.06. The predicted octanol–water partition coefficient (Wildman–Crippen LogP) is 2.47. The summed E-state index contributed by atoms with van der Waals surface area (Å²) >= 11 is 0. The fraction of sp³-hybridized carbons (Fsp3) is 0.625. The first-order valence-electron chi connectivity index (χ1n) is 7.52. The van der Waals surface area contributed by atoms with Gasteiger partial charge in [0.25, 0.3) is 0 Å². The predicted molar refractivity (Wildman–Crippen MR) is 76.9 cm³/mol. The van der Waals surface area contributed by atoms with Gasteiger partial charge >= 0.3 is 0 Å². The van der Waals surface area contributed by atoms with Crippen LogP contribution < -0.4 is 14.8 Å². The molecule has 2 N–H and O–H groups in total. The molecule has 1 aliphatic heterocycles. The monoisotopic (exact) mass is 277 g/mol. The molecule has 4 nitrogen and oxygen atoms in total. The average molecular weight is 277 g/mol. The number of hydrogen-bond acceptors (Lipinski definition) is 4. The molecule has 3 atom stereocenters. The number of benzene rings is 1. The number of rotatable bonds is 5. The van der Waals surface area contributed by atoms with Crippen LogP contribution in [-0.2, 0) is 0 Å². The quantitative estimate of drug-likeness (QED) is 0.868. The van der Waals surface area contributed by atoms with E-state index in [1.807, 2.05) is 18.2 Å². The molecular weight excluding hydrogens is 254 g/mol. The number of fused-ring (bicyclic) bond motifs is 1. The van der Waals surface area contributed by atoms with E-state index in [1.165, 1.54) is 19.3 Å². The molecule has 1 saturated carbocycles. The van der Waals surface area contributed by atoms with Crippen LogP contribution in [-0.4, -0.2) is 25.0 Å². The number of hydrogen-bond donors (Lipinski definition) is 2. The molecule has 1 aliphatic carbocycles. The molecule has 0 aromatic heterocycles. The molecule has 0 amide bonds. The fourth-order valence-electron chi connectivity index (χ4n) is 3.17. The number of ether oxygens (including phenoxy) is 2. The Bertz CT molecular complexity index is 463. The molecule has 1 heterocycles. The van der Waals surface area contributed by atoms with Gasteiger partial charge in [-0.05, 0) is 42.5 Å². The SMILES string of the molecule is CC1CCCC1CNCC(O)c1ccc2c(c1)OCO2. The molecule has 0 saturated heterocycles. The van der Waals surface area contributed by atoms with Crippen LogP contribution in [0.3, 0.4) is 0 Å². The lowest BCUT2D eigenvalue weighted by Crippen LogP contribution is -2.28. The molecule has 0 radical (unpaired) electrons. The van der Waals surface area contributed by atoms with Crippen LogP contribution in [0.25, 0.3) is 0 Å². The Morgan fingerprint density at radius 3 is 2.95 bits per heavy atom. The summed E-state index contributed by atoms with van der Waals surface area (Å²) in [5.41, 5.74) is 0.876. The maximum Gasteiger partial charge on any atom is 0.231 e. The summed E-state index contributed by atoms with van der Waals surface area (Å²) in [6, 6.07) is 5.63. The van der Waals surface area contributed by atoms with Gasteiger partial charge in [-0.3, -0.25) is 0 Å². The van der Waals surface area contributed by atoms with Crippen LogP contribution in [0.2, 0.25) is 0 Å². The van der Waals surface area contributed by atoms with Crippen molar-refractivity contribution in [2.24, 2.45) is 11.8 Å². The second kappa shape index (κ2) is 6.02. The molecule has 0 bridgehead atoms.